The van der Waals surface area contributed by atoms with Crippen molar-refractivity contribution in [3.63, 3.8) is 0 Å². The lowest BCUT2D eigenvalue weighted by molar-refractivity contribution is 0.393. The van der Waals surface area contributed by atoms with Crippen LogP contribution in [-0.4, -0.2) is 34.4 Å². The number of benzene rings is 1. The van der Waals surface area contributed by atoms with E-state index < -0.39 is 0 Å². The molecule has 2 heterocycles. The van der Waals surface area contributed by atoms with Crippen LogP contribution in [0, 0.1) is 5.92 Å². The first-order valence-corrected chi connectivity index (χ1v) is 7.22. The van der Waals surface area contributed by atoms with Gasteiger partial charge in [0.25, 0.3) is 0 Å². The van der Waals surface area contributed by atoms with Gasteiger partial charge in [0, 0.05) is 24.8 Å². The van der Waals surface area contributed by atoms with Gasteiger partial charge in [-0.1, -0.05) is 0 Å². The Morgan fingerprint density at radius 2 is 2.20 bits per heavy atom. The maximum Gasteiger partial charge on any atom is 0.163 e. The summed E-state index contributed by atoms with van der Waals surface area (Å²) in [6.07, 6.45) is 4.33. The van der Waals surface area contributed by atoms with Crippen LogP contribution < -0.4 is 10.6 Å². The van der Waals surface area contributed by atoms with Crippen LogP contribution in [0.25, 0.3) is 11.4 Å². The van der Waals surface area contributed by atoms with Crippen LogP contribution in [0.15, 0.2) is 30.6 Å². The van der Waals surface area contributed by atoms with Gasteiger partial charge in [-0.15, -0.1) is 10.2 Å². The fourth-order valence-corrected chi connectivity index (χ4v) is 2.64. The molecule has 3 rings (SSSR count). The Morgan fingerprint density at radius 1 is 1.35 bits per heavy atom. The second-order valence-corrected chi connectivity index (χ2v) is 5.44. The molecule has 1 aliphatic rings. The van der Waals surface area contributed by atoms with E-state index >= 15 is 0 Å². The SMILES string of the molecule is Cn1cnnc1-c1ccc(NCC2CCCNC2)cc1. The van der Waals surface area contributed by atoms with E-state index in [-0.39, 0.29) is 0 Å². The third-order valence-electron chi connectivity index (χ3n) is 3.85. The third-order valence-corrected chi connectivity index (χ3v) is 3.85. The Bertz CT molecular complexity index is 540. The van der Waals surface area contributed by atoms with E-state index in [4.69, 9.17) is 0 Å². The quantitative estimate of drug-likeness (QED) is 0.891. The summed E-state index contributed by atoms with van der Waals surface area (Å²) >= 11 is 0. The highest BCUT2D eigenvalue weighted by atomic mass is 15.2. The molecular weight excluding hydrogens is 250 g/mol. The smallest absolute Gasteiger partial charge is 0.163 e. The predicted octanol–water partition coefficient (Wildman–Crippen LogP) is 1.89. The average Bonchev–Trinajstić information content (AvgIpc) is 2.93. The van der Waals surface area contributed by atoms with Crippen molar-refractivity contribution in [2.24, 2.45) is 13.0 Å². The van der Waals surface area contributed by atoms with Crippen LogP contribution in [0.3, 0.4) is 0 Å². The zero-order chi connectivity index (χ0) is 13.8. The van der Waals surface area contributed by atoms with Gasteiger partial charge in [0.1, 0.15) is 6.33 Å². The minimum absolute atomic E-state index is 0.738. The Balaban J connectivity index is 1.60. The molecule has 2 aromatic rings. The molecule has 5 heteroatoms. The van der Waals surface area contributed by atoms with Crippen LogP contribution in [-0.2, 0) is 7.05 Å². The highest BCUT2D eigenvalue weighted by Gasteiger charge is 2.12. The summed E-state index contributed by atoms with van der Waals surface area (Å²) in [6.45, 7) is 3.34. The van der Waals surface area contributed by atoms with Gasteiger partial charge in [-0.05, 0) is 56.1 Å². The molecule has 20 heavy (non-hydrogen) atoms. The number of aryl methyl sites for hydroxylation is 1. The maximum absolute atomic E-state index is 4.12. The Hall–Kier alpha value is -1.88. The van der Waals surface area contributed by atoms with E-state index in [9.17, 15) is 0 Å². The number of aromatic nitrogens is 3. The van der Waals surface area contributed by atoms with Gasteiger partial charge in [0.05, 0.1) is 0 Å². The second-order valence-electron chi connectivity index (χ2n) is 5.44. The van der Waals surface area contributed by atoms with Gasteiger partial charge in [0.2, 0.25) is 0 Å². The molecule has 106 valence electrons. The number of piperidine rings is 1. The lowest BCUT2D eigenvalue weighted by Gasteiger charge is -2.23. The van der Waals surface area contributed by atoms with Crippen LogP contribution in [0.1, 0.15) is 12.8 Å². The molecule has 5 nitrogen and oxygen atoms in total. The van der Waals surface area contributed by atoms with E-state index in [0.29, 0.717) is 0 Å². The van der Waals surface area contributed by atoms with Crippen molar-refractivity contribution in [2.75, 3.05) is 25.0 Å². The molecule has 2 N–H and O–H groups in total. The minimum atomic E-state index is 0.738. The Morgan fingerprint density at radius 3 is 2.85 bits per heavy atom. The summed E-state index contributed by atoms with van der Waals surface area (Å²) in [6, 6.07) is 8.40. The maximum atomic E-state index is 4.12. The molecule has 0 amide bonds. The van der Waals surface area contributed by atoms with E-state index in [1.165, 1.54) is 25.1 Å². The summed E-state index contributed by atoms with van der Waals surface area (Å²) in [7, 11) is 1.96. The van der Waals surface area contributed by atoms with Gasteiger partial charge in [-0.25, -0.2) is 0 Å². The molecule has 1 aliphatic heterocycles. The predicted molar refractivity (Wildman–Crippen MR) is 80.5 cm³/mol. The first-order chi connectivity index (χ1) is 9.83. The fourth-order valence-electron chi connectivity index (χ4n) is 2.64. The molecule has 1 aromatic heterocycles. The molecule has 1 atom stereocenters. The van der Waals surface area contributed by atoms with E-state index in [2.05, 4.69) is 45.1 Å². The first kappa shape index (κ1) is 13.1. The summed E-state index contributed by atoms with van der Waals surface area (Å²) in [5, 5.41) is 15.0. The normalized spacial score (nSPS) is 18.9. The number of hydrogen-bond donors (Lipinski definition) is 2. The number of hydrogen-bond acceptors (Lipinski definition) is 4. The van der Waals surface area contributed by atoms with Gasteiger partial charge in [-0.3, -0.25) is 0 Å². The molecule has 1 saturated heterocycles. The number of rotatable bonds is 4. The van der Waals surface area contributed by atoms with Gasteiger partial charge < -0.3 is 15.2 Å². The molecule has 0 bridgehead atoms. The summed E-state index contributed by atoms with van der Waals surface area (Å²) in [4.78, 5) is 0. The second kappa shape index (κ2) is 6.05. The summed E-state index contributed by atoms with van der Waals surface area (Å²) in [5.74, 6) is 1.63. The van der Waals surface area contributed by atoms with E-state index in [0.717, 1.165) is 30.4 Å². The van der Waals surface area contributed by atoms with Crippen molar-refractivity contribution in [1.82, 2.24) is 20.1 Å². The third kappa shape index (κ3) is 2.99. The van der Waals surface area contributed by atoms with Crippen molar-refractivity contribution in [2.45, 2.75) is 12.8 Å². The Labute approximate surface area is 119 Å². The molecule has 0 saturated carbocycles. The molecular formula is C15H21N5. The highest BCUT2D eigenvalue weighted by molar-refractivity contribution is 5.59. The molecule has 0 aliphatic carbocycles. The van der Waals surface area contributed by atoms with E-state index in [1.54, 1.807) is 6.33 Å². The van der Waals surface area contributed by atoms with Crippen LogP contribution in [0.4, 0.5) is 5.69 Å². The number of nitrogens with zero attached hydrogens (tertiary/aromatic N) is 3. The standard InChI is InChI=1S/C15H21N5/c1-20-11-18-19-15(20)13-4-6-14(7-5-13)17-10-12-3-2-8-16-9-12/h4-7,11-12,16-17H,2-3,8-10H2,1H3. The highest BCUT2D eigenvalue weighted by Crippen LogP contribution is 2.19. The largest absolute Gasteiger partial charge is 0.385 e. The topological polar surface area (TPSA) is 54.8 Å². The first-order valence-electron chi connectivity index (χ1n) is 7.22. The van der Waals surface area contributed by atoms with Crippen LogP contribution >= 0.6 is 0 Å². The summed E-state index contributed by atoms with van der Waals surface area (Å²) < 4.78 is 1.93. The van der Waals surface area contributed by atoms with Crippen molar-refractivity contribution in [3.8, 4) is 11.4 Å². The van der Waals surface area contributed by atoms with E-state index in [1.807, 2.05) is 11.6 Å². The minimum Gasteiger partial charge on any atom is -0.385 e. The number of anilines is 1. The van der Waals surface area contributed by atoms with Crippen LogP contribution in [0.5, 0.6) is 0 Å². The molecule has 1 unspecified atom stereocenters. The average molecular weight is 271 g/mol. The zero-order valence-corrected chi connectivity index (χ0v) is 11.8. The number of nitrogens with one attached hydrogen (secondary N) is 2. The molecule has 0 spiro atoms. The van der Waals surface area contributed by atoms with Gasteiger partial charge in [-0.2, -0.15) is 0 Å². The lowest BCUT2D eigenvalue weighted by atomic mass is 10.00. The van der Waals surface area contributed by atoms with Gasteiger partial charge in [0.15, 0.2) is 5.82 Å². The lowest BCUT2D eigenvalue weighted by Crippen LogP contribution is -2.33. The monoisotopic (exact) mass is 271 g/mol. The van der Waals surface area contributed by atoms with Crippen molar-refractivity contribution < 1.29 is 0 Å². The van der Waals surface area contributed by atoms with Gasteiger partial charge >= 0.3 is 0 Å². The zero-order valence-electron chi connectivity index (χ0n) is 11.8. The summed E-state index contributed by atoms with van der Waals surface area (Å²) in [5.41, 5.74) is 2.26. The van der Waals surface area contributed by atoms with Crippen molar-refractivity contribution in [1.29, 1.82) is 0 Å². The molecule has 1 aromatic carbocycles. The van der Waals surface area contributed by atoms with Crippen molar-refractivity contribution >= 4 is 5.69 Å². The van der Waals surface area contributed by atoms with Crippen molar-refractivity contribution in [3.05, 3.63) is 30.6 Å². The Kier molecular flexibility index (Phi) is 3.97. The molecule has 0 radical (unpaired) electrons. The fraction of sp³-hybridized carbons (Fsp3) is 0.467. The van der Waals surface area contributed by atoms with Crippen LogP contribution in [0.2, 0.25) is 0 Å². The molecule has 1 fully saturated rings.